The Morgan fingerprint density at radius 1 is 1.14 bits per heavy atom. The van der Waals surface area contributed by atoms with Crippen molar-refractivity contribution in [2.24, 2.45) is 0 Å². The Morgan fingerprint density at radius 2 is 1.86 bits per heavy atom. The van der Waals surface area contributed by atoms with Crippen LogP contribution in [0.4, 0.5) is 0 Å². The zero-order valence-corrected chi connectivity index (χ0v) is 22.3. The number of aliphatic hydroxyl groups is 1. The molecule has 0 atom stereocenters. The Kier molecular flexibility index (Phi) is 8.39. The summed E-state index contributed by atoms with van der Waals surface area (Å²) in [5.41, 5.74) is 3.12. The zero-order valence-electron chi connectivity index (χ0n) is 22.3. The van der Waals surface area contributed by atoms with Crippen LogP contribution in [0.5, 0.6) is 17.4 Å². The molecule has 0 amide bonds. The quantitative estimate of drug-likeness (QED) is 0.304. The van der Waals surface area contributed by atoms with Crippen LogP contribution in [0.1, 0.15) is 69.0 Å². The molecule has 0 bridgehead atoms. The highest BCUT2D eigenvalue weighted by Gasteiger charge is 2.25. The van der Waals surface area contributed by atoms with Gasteiger partial charge in [0.1, 0.15) is 6.54 Å². The first-order valence-corrected chi connectivity index (χ1v) is 12.2. The summed E-state index contributed by atoms with van der Waals surface area (Å²) < 4.78 is 20.0. The number of nitrogens with zero attached hydrogens (tertiary/aromatic N) is 4. The molecule has 0 saturated heterocycles. The zero-order chi connectivity index (χ0) is 26.6. The van der Waals surface area contributed by atoms with Gasteiger partial charge in [-0.1, -0.05) is 27.7 Å². The lowest BCUT2D eigenvalue weighted by atomic mass is 9.84. The van der Waals surface area contributed by atoms with Crippen molar-refractivity contribution in [3.8, 4) is 17.4 Å². The summed E-state index contributed by atoms with van der Waals surface area (Å²) >= 11 is 0. The molecule has 0 unspecified atom stereocenters. The van der Waals surface area contributed by atoms with E-state index in [0.29, 0.717) is 48.2 Å². The fourth-order valence-electron chi connectivity index (χ4n) is 3.79. The van der Waals surface area contributed by atoms with Gasteiger partial charge in [-0.15, -0.1) is 10.2 Å². The Bertz CT molecular complexity index is 1310. The number of nitrogens with one attached hydrogen (secondary N) is 1. The molecule has 3 aromatic rings. The van der Waals surface area contributed by atoms with Crippen LogP contribution in [0.3, 0.4) is 0 Å². The number of carbonyl (C=O) groups is 1. The molecule has 36 heavy (non-hydrogen) atoms. The van der Waals surface area contributed by atoms with Gasteiger partial charge < -0.3 is 19.3 Å². The lowest BCUT2D eigenvalue weighted by Crippen LogP contribution is -2.27. The number of hydrogen-bond acceptors (Lipinski definition) is 8. The van der Waals surface area contributed by atoms with Crippen LogP contribution < -0.4 is 19.8 Å². The smallest absolute Gasteiger partial charge is 0.242 e. The number of benzene rings is 1. The van der Waals surface area contributed by atoms with E-state index < -0.39 is 0 Å². The predicted molar refractivity (Wildman–Crippen MR) is 137 cm³/mol. The number of hydrogen-bond donors (Lipinski definition) is 2. The van der Waals surface area contributed by atoms with Crippen molar-refractivity contribution in [3.63, 3.8) is 0 Å². The third-order valence-electron chi connectivity index (χ3n) is 5.96. The number of carbonyl (C=O) groups excluding carboxylic acids is 1. The molecule has 0 radical (unpaired) electrons. The number of fused-ring (bicyclic) bond motifs is 1. The largest absolute Gasteiger partial charge is 0.493 e. The van der Waals surface area contributed by atoms with Crippen molar-refractivity contribution in [1.82, 2.24) is 19.4 Å². The van der Waals surface area contributed by atoms with Crippen molar-refractivity contribution in [1.29, 1.82) is 5.41 Å². The molecule has 10 heteroatoms. The molecule has 0 spiro atoms. The molecule has 3 rings (SSSR count). The van der Waals surface area contributed by atoms with Gasteiger partial charge in [0.25, 0.3) is 0 Å². The third-order valence-corrected chi connectivity index (χ3v) is 5.96. The minimum Gasteiger partial charge on any atom is -0.493 e. The van der Waals surface area contributed by atoms with Crippen molar-refractivity contribution < 1.29 is 25.5 Å². The van der Waals surface area contributed by atoms with Crippen molar-refractivity contribution >= 4 is 11.4 Å². The van der Waals surface area contributed by atoms with Gasteiger partial charge in [0.15, 0.2) is 22.9 Å². The summed E-state index contributed by atoms with van der Waals surface area (Å²) in [6.07, 6.45) is 1.30. The van der Waals surface area contributed by atoms with Gasteiger partial charge in [0.2, 0.25) is 11.5 Å². The van der Waals surface area contributed by atoms with E-state index in [0.717, 1.165) is 23.1 Å². The second-order valence-electron chi connectivity index (χ2n) is 9.77. The molecule has 198 valence electrons. The monoisotopic (exact) mass is 501 g/mol. The maximum absolute atomic E-state index is 13.4. The first kappa shape index (κ1) is 27.2. The SMILES string of the molecule is CCCOc1nn2c(=N)n(CC(=O)c3cc(OCCCO)c(OC)c(C(C)(C)C)c3)nc2c(C)c1C.[HH]. The number of rotatable bonds is 11. The van der Waals surface area contributed by atoms with E-state index >= 15 is 0 Å². The summed E-state index contributed by atoms with van der Waals surface area (Å²) in [5, 5.41) is 26.7. The molecule has 2 heterocycles. The number of aryl methyl sites for hydroxylation is 1. The lowest BCUT2D eigenvalue weighted by molar-refractivity contribution is 0.0964. The normalized spacial score (nSPS) is 11.7. The number of ether oxygens (including phenoxy) is 3. The van der Waals surface area contributed by atoms with Gasteiger partial charge in [-0.2, -0.15) is 4.52 Å². The van der Waals surface area contributed by atoms with Crippen LogP contribution >= 0.6 is 0 Å². The highest BCUT2D eigenvalue weighted by atomic mass is 16.5. The predicted octanol–water partition coefficient (Wildman–Crippen LogP) is 3.61. The topological polar surface area (TPSA) is 124 Å². The van der Waals surface area contributed by atoms with E-state index in [-0.39, 0.29) is 31.4 Å². The van der Waals surface area contributed by atoms with E-state index in [1.807, 2.05) is 47.6 Å². The summed E-state index contributed by atoms with van der Waals surface area (Å²) in [6.45, 7) is 12.6. The highest BCUT2D eigenvalue weighted by Crippen LogP contribution is 2.40. The third kappa shape index (κ3) is 5.53. The van der Waals surface area contributed by atoms with Crippen molar-refractivity contribution in [2.45, 2.75) is 66.3 Å². The number of aromatic nitrogens is 4. The van der Waals surface area contributed by atoms with Gasteiger partial charge in [0.05, 0.1) is 20.3 Å². The van der Waals surface area contributed by atoms with Crippen LogP contribution in [0.15, 0.2) is 12.1 Å². The Morgan fingerprint density at radius 3 is 2.47 bits per heavy atom. The summed E-state index contributed by atoms with van der Waals surface area (Å²) in [7, 11) is 1.57. The Hall–Kier alpha value is -3.40. The van der Waals surface area contributed by atoms with Gasteiger partial charge in [-0.25, -0.2) is 4.68 Å². The lowest BCUT2D eigenvalue weighted by Gasteiger charge is -2.25. The average molecular weight is 502 g/mol. The fraction of sp³-hybridized carbons (Fsp3) is 0.538. The second-order valence-corrected chi connectivity index (χ2v) is 9.77. The van der Waals surface area contributed by atoms with E-state index in [2.05, 4.69) is 10.2 Å². The maximum atomic E-state index is 13.4. The molecule has 0 fully saturated rings. The molecule has 0 aliphatic carbocycles. The van der Waals surface area contributed by atoms with Crippen LogP contribution in [0.25, 0.3) is 5.65 Å². The number of aliphatic hydroxyl groups excluding tert-OH is 1. The summed E-state index contributed by atoms with van der Waals surface area (Å²) in [5.74, 6) is 1.24. The number of methoxy groups -OCH3 is 1. The molecular weight excluding hydrogens is 462 g/mol. The van der Waals surface area contributed by atoms with Crippen LogP contribution in [-0.4, -0.2) is 57.2 Å². The van der Waals surface area contributed by atoms with Gasteiger partial charge in [-0.3, -0.25) is 10.2 Å². The first-order chi connectivity index (χ1) is 17.0. The molecule has 2 aromatic heterocycles. The average Bonchev–Trinajstić information content (AvgIpc) is 3.14. The highest BCUT2D eigenvalue weighted by molar-refractivity contribution is 5.97. The molecule has 10 nitrogen and oxygen atoms in total. The molecular formula is C26H39N5O5. The van der Waals surface area contributed by atoms with Gasteiger partial charge >= 0.3 is 0 Å². The van der Waals surface area contributed by atoms with Crippen LogP contribution in [0.2, 0.25) is 0 Å². The Labute approximate surface area is 212 Å². The van der Waals surface area contributed by atoms with E-state index in [1.165, 1.54) is 9.20 Å². The molecule has 0 aliphatic heterocycles. The summed E-state index contributed by atoms with van der Waals surface area (Å²) in [6, 6.07) is 3.46. The second kappa shape index (κ2) is 11.1. The van der Waals surface area contributed by atoms with Gasteiger partial charge in [0, 0.05) is 36.7 Å². The van der Waals surface area contributed by atoms with Gasteiger partial charge in [-0.05, 0) is 37.8 Å². The maximum Gasteiger partial charge on any atom is 0.242 e. The Balaban J connectivity index is 0.00000481. The molecule has 2 N–H and O–H groups in total. The van der Waals surface area contributed by atoms with E-state index in [9.17, 15) is 4.79 Å². The van der Waals surface area contributed by atoms with E-state index in [4.69, 9.17) is 24.7 Å². The molecule has 0 saturated carbocycles. The first-order valence-electron chi connectivity index (χ1n) is 12.2. The standard InChI is InChI=1S/C26H37N5O5.H2/c1-8-11-36-24-17(3)16(2)23-28-30(25(27)31(23)29-24)15-20(33)18-13-19(26(4,5)6)22(34-7)21(14-18)35-12-9-10-32;/h13-14,27,32H,8-12,15H2,1-7H3;1H. The van der Waals surface area contributed by atoms with Crippen LogP contribution in [0, 0.1) is 19.3 Å². The van der Waals surface area contributed by atoms with Crippen molar-refractivity contribution in [2.75, 3.05) is 26.9 Å². The number of ketones is 1. The molecule has 0 aliphatic rings. The number of Topliss-reactive ketones (excluding diaryl/α,β-unsaturated/α-hetero) is 1. The minimum atomic E-state index is -0.318. The minimum absolute atomic E-state index is 0. The van der Waals surface area contributed by atoms with Crippen molar-refractivity contribution in [3.05, 3.63) is 40.0 Å². The summed E-state index contributed by atoms with van der Waals surface area (Å²) in [4.78, 5) is 13.4. The van der Waals surface area contributed by atoms with E-state index in [1.54, 1.807) is 13.2 Å². The fourth-order valence-corrected chi connectivity index (χ4v) is 3.79. The van der Waals surface area contributed by atoms with Crippen LogP contribution in [-0.2, 0) is 12.0 Å². The molecule has 1 aromatic carbocycles.